The molecule has 2 atom stereocenters. The summed E-state index contributed by atoms with van der Waals surface area (Å²) in [6.07, 6.45) is 6.79. The second-order valence-electron chi connectivity index (χ2n) is 6.51. The van der Waals surface area contributed by atoms with E-state index >= 15 is 0 Å². The van der Waals surface area contributed by atoms with Gasteiger partial charge in [-0.1, -0.05) is 13.3 Å². The number of amides is 1. The van der Waals surface area contributed by atoms with Crippen LogP contribution in [0.3, 0.4) is 0 Å². The summed E-state index contributed by atoms with van der Waals surface area (Å²) in [5.74, 6) is 0.872. The molecule has 1 aromatic rings. The molecule has 1 amide bonds. The summed E-state index contributed by atoms with van der Waals surface area (Å²) in [5, 5.41) is 6.79. The summed E-state index contributed by atoms with van der Waals surface area (Å²) in [4.78, 5) is 12.3. The molecule has 0 spiro atoms. The van der Waals surface area contributed by atoms with E-state index < -0.39 is 0 Å². The highest BCUT2D eigenvalue weighted by Gasteiger charge is 2.34. The maximum absolute atomic E-state index is 12.3. The Morgan fingerprint density at radius 1 is 1.23 bits per heavy atom. The molecule has 0 aliphatic carbocycles. The maximum atomic E-state index is 12.3. The fourth-order valence-corrected chi connectivity index (χ4v) is 3.48. The molecule has 2 aliphatic rings. The number of carbonyl (C=O) groups is 1. The van der Waals surface area contributed by atoms with Gasteiger partial charge in [-0.15, -0.1) is 0 Å². The van der Waals surface area contributed by atoms with Crippen molar-refractivity contribution >= 4 is 5.91 Å². The van der Waals surface area contributed by atoms with Gasteiger partial charge in [0, 0.05) is 23.7 Å². The first-order chi connectivity index (χ1) is 10.7. The molecule has 2 saturated heterocycles. The number of nitrogens with one attached hydrogen (secondary N) is 2. The number of fused-ring (bicyclic) bond motifs is 2. The number of unbranched alkanes of at least 4 members (excludes halogenated alkanes) is 1. The zero-order valence-electron chi connectivity index (χ0n) is 13.3. The van der Waals surface area contributed by atoms with E-state index in [4.69, 9.17) is 4.74 Å². The molecule has 0 aromatic heterocycles. The second-order valence-corrected chi connectivity index (χ2v) is 6.51. The van der Waals surface area contributed by atoms with Crippen LogP contribution in [-0.4, -0.2) is 30.6 Å². The maximum Gasteiger partial charge on any atom is 0.251 e. The predicted octanol–water partition coefficient (Wildman–Crippen LogP) is 2.88. The Labute approximate surface area is 132 Å². The SMILES string of the molecule is CCCCOc1ccc(C(=O)NC2CC3CCC(C2)N3)cc1. The zero-order chi connectivity index (χ0) is 15.4. The third-order valence-electron chi connectivity index (χ3n) is 4.69. The molecule has 3 rings (SSSR count). The minimum absolute atomic E-state index is 0.0337. The third kappa shape index (κ3) is 3.80. The second kappa shape index (κ2) is 7.14. The van der Waals surface area contributed by atoms with E-state index in [0.29, 0.717) is 23.7 Å². The van der Waals surface area contributed by atoms with Crippen molar-refractivity contribution in [3.8, 4) is 5.75 Å². The summed E-state index contributed by atoms with van der Waals surface area (Å²) in [7, 11) is 0. The minimum Gasteiger partial charge on any atom is -0.494 e. The van der Waals surface area contributed by atoms with E-state index in [0.717, 1.165) is 38.0 Å². The Balaban J connectivity index is 1.51. The van der Waals surface area contributed by atoms with Crippen molar-refractivity contribution < 1.29 is 9.53 Å². The highest BCUT2D eigenvalue weighted by molar-refractivity contribution is 5.94. The Morgan fingerprint density at radius 2 is 1.91 bits per heavy atom. The summed E-state index contributed by atoms with van der Waals surface area (Å²) >= 11 is 0. The molecule has 0 saturated carbocycles. The molecule has 4 nitrogen and oxygen atoms in total. The smallest absolute Gasteiger partial charge is 0.251 e. The lowest BCUT2D eigenvalue weighted by atomic mass is 9.99. The number of hydrogen-bond acceptors (Lipinski definition) is 3. The number of ether oxygens (including phenoxy) is 1. The Morgan fingerprint density at radius 3 is 2.55 bits per heavy atom. The third-order valence-corrected chi connectivity index (χ3v) is 4.69. The van der Waals surface area contributed by atoms with Crippen LogP contribution in [0.15, 0.2) is 24.3 Å². The van der Waals surface area contributed by atoms with Crippen LogP contribution < -0.4 is 15.4 Å². The summed E-state index contributed by atoms with van der Waals surface area (Å²) in [6.45, 7) is 2.88. The van der Waals surface area contributed by atoms with Crippen molar-refractivity contribution in [2.24, 2.45) is 0 Å². The van der Waals surface area contributed by atoms with Gasteiger partial charge in [0.1, 0.15) is 5.75 Å². The predicted molar refractivity (Wildman–Crippen MR) is 87.3 cm³/mol. The lowest BCUT2D eigenvalue weighted by Crippen LogP contribution is -2.48. The van der Waals surface area contributed by atoms with Gasteiger partial charge in [-0.3, -0.25) is 4.79 Å². The monoisotopic (exact) mass is 302 g/mol. The molecule has 1 aromatic carbocycles. The van der Waals surface area contributed by atoms with Crippen LogP contribution in [0.25, 0.3) is 0 Å². The van der Waals surface area contributed by atoms with E-state index in [9.17, 15) is 4.79 Å². The van der Waals surface area contributed by atoms with Gasteiger partial charge in [-0.25, -0.2) is 0 Å². The highest BCUT2D eigenvalue weighted by atomic mass is 16.5. The van der Waals surface area contributed by atoms with Crippen molar-refractivity contribution in [1.82, 2.24) is 10.6 Å². The average Bonchev–Trinajstić information content (AvgIpc) is 2.87. The van der Waals surface area contributed by atoms with Crippen molar-refractivity contribution in [1.29, 1.82) is 0 Å². The largest absolute Gasteiger partial charge is 0.494 e. The van der Waals surface area contributed by atoms with Gasteiger partial charge in [0.2, 0.25) is 0 Å². The quantitative estimate of drug-likeness (QED) is 0.795. The van der Waals surface area contributed by atoms with E-state index in [1.807, 2.05) is 24.3 Å². The Bertz CT molecular complexity index is 488. The zero-order valence-corrected chi connectivity index (χ0v) is 13.3. The molecule has 2 aliphatic heterocycles. The van der Waals surface area contributed by atoms with Gasteiger partial charge >= 0.3 is 0 Å². The van der Waals surface area contributed by atoms with Gasteiger partial charge in [-0.2, -0.15) is 0 Å². The molecule has 2 fully saturated rings. The Hall–Kier alpha value is -1.55. The Kier molecular flexibility index (Phi) is 4.98. The number of rotatable bonds is 6. The van der Waals surface area contributed by atoms with Crippen LogP contribution in [0.1, 0.15) is 55.8 Å². The number of benzene rings is 1. The molecular weight excluding hydrogens is 276 g/mol. The summed E-state index contributed by atoms with van der Waals surface area (Å²) < 4.78 is 5.63. The van der Waals surface area contributed by atoms with E-state index in [1.54, 1.807) is 0 Å². The van der Waals surface area contributed by atoms with Crippen molar-refractivity contribution in [3.63, 3.8) is 0 Å². The van der Waals surface area contributed by atoms with Gasteiger partial charge < -0.3 is 15.4 Å². The standard InChI is InChI=1S/C18H26N2O2/c1-2-3-10-22-17-8-4-13(5-9-17)18(21)20-16-11-14-6-7-15(12-16)19-14/h4-5,8-9,14-16,19H,2-3,6-7,10-12H2,1H3,(H,20,21). The van der Waals surface area contributed by atoms with Crippen LogP contribution in [0.2, 0.25) is 0 Å². The van der Waals surface area contributed by atoms with Crippen LogP contribution in [0.4, 0.5) is 0 Å². The molecule has 4 heteroatoms. The molecular formula is C18H26N2O2. The molecule has 2 N–H and O–H groups in total. The van der Waals surface area contributed by atoms with Crippen LogP contribution >= 0.6 is 0 Å². The van der Waals surface area contributed by atoms with Crippen LogP contribution in [-0.2, 0) is 0 Å². The normalized spacial score (nSPS) is 26.7. The number of hydrogen-bond donors (Lipinski definition) is 2. The number of piperidine rings is 1. The van der Waals surface area contributed by atoms with Gasteiger partial charge in [-0.05, 0) is 56.4 Å². The van der Waals surface area contributed by atoms with Crippen LogP contribution in [0, 0.1) is 0 Å². The summed E-state index contributed by atoms with van der Waals surface area (Å²) in [6, 6.07) is 8.98. The van der Waals surface area contributed by atoms with Crippen molar-refractivity contribution in [2.75, 3.05) is 6.61 Å². The molecule has 2 unspecified atom stereocenters. The molecule has 120 valence electrons. The molecule has 22 heavy (non-hydrogen) atoms. The molecule has 2 heterocycles. The minimum atomic E-state index is 0.0337. The van der Waals surface area contributed by atoms with Gasteiger partial charge in [0.15, 0.2) is 0 Å². The first-order valence-electron chi connectivity index (χ1n) is 8.54. The van der Waals surface area contributed by atoms with E-state index in [1.165, 1.54) is 12.8 Å². The van der Waals surface area contributed by atoms with E-state index in [2.05, 4.69) is 17.6 Å². The van der Waals surface area contributed by atoms with E-state index in [-0.39, 0.29) is 5.91 Å². The van der Waals surface area contributed by atoms with Crippen LogP contribution in [0.5, 0.6) is 5.75 Å². The lowest BCUT2D eigenvalue weighted by molar-refractivity contribution is 0.0924. The number of carbonyl (C=O) groups excluding carboxylic acids is 1. The highest BCUT2D eigenvalue weighted by Crippen LogP contribution is 2.27. The average molecular weight is 302 g/mol. The first kappa shape index (κ1) is 15.3. The topological polar surface area (TPSA) is 50.4 Å². The molecule has 0 radical (unpaired) electrons. The fourth-order valence-electron chi connectivity index (χ4n) is 3.48. The van der Waals surface area contributed by atoms with Crippen molar-refractivity contribution in [3.05, 3.63) is 29.8 Å². The first-order valence-corrected chi connectivity index (χ1v) is 8.54. The van der Waals surface area contributed by atoms with Gasteiger partial charge in [0.25, 0.3) is 5.91 Å². The lowest BCUT2D eigenvalue weighted by Gasteiger charge is -2.29. The van der Waals surface area contributed by atoms with Gasteiger partial charge in [0.05, 0.1) is 6.61 Å². The molecule has 2 bridgehead atoms. The fraction of sp³-hybridized carbons (Fsp3) is 0.611. The summed E-state index contributed by atoms with van der Waals surface area (Å²) in [5.41, 5.74) is 0.716. The van der Waals surface area contributed by atoms with Crippen molar-refractivity contribution in [2.45, 2.75) is 63.6 Å².